The molecule has 1 aliphatic heterocycles. The van der Waals surface area contributed by atoms with Crippen LogP contribution in [0, 0.1) is 11.3 Å². The molecule has 1 fully saturated rings. The number of nitriles is 1. The number of fused-ring (bicyclic) bond motifs is 1. The molecule has 9 nitrogen and oxygen atoms in total. The minimum atomic E-state index is -0.710. The Kier molecular flexibility index (Phi) is 7.94. The molecule has 1 saturated heterocycles. The van der Waals surface area contributed by atoms with Gasteiger partial charge in [0.1, 0.15) is 16.8 Å². The number of benzene rings is 2. The highest BCUT2D eigenvalue weighted by Crippen LogP contribution is 2.36. The quantitative estimate of drug-likeness (QED) is 0.227. The number of Topliss-reactive ketones (excluding diaryl/α,β-unsaturated/α-hetero) is 1. The molecule has 3 aromatic rings. The van der Waals surface area contributed by atoms with E-state index in [1.807, 2.05) is 6.07 Å². The fourth-order valence-corrected chi connectivity index (χ4v) is 5.82. The zero-order valence-electron chi connectivity index (χ0n) is 21.7. The van der Waals surface area contributed by atoms with Crippen LogP contribution >= 0.6 is 11.8 Å². The Morgan fingerprint density at radius 3 is 2.60 bits per heavy atom. The first kappa shape index (κ1) is 27.1. The van der Waals surface area contributed by atoms with E-state index in [1.54, 1.807) is 24.3 Å². The molecule has 1 unspecified atom stereocenters. The fourth-order valence-electron chi connectivity index (χ4n) is 4.73. The second-order valence-electron chi connectivity index (χ2n) is 9.42. The van der Waals surface area contributed by atoms with Crippen molar-refractivity contribution in [3.63, 3.8) is 0 Å². The van der Waals surface area contributed by atoms with Crippen LogP contribution in [0.5, 0.6) is 5.75 Å². The Balaban J connectivity index is 1.23. The third kappa shape index (κ3) is 5.60. The zero-order valence-corrected chi connectivity index (χ0v) is 22.5. The van der Waals surface area contributed by atoms with Crippen molar-refractivity contribution < 1.29 is 28.7 Å². The first-order valence-electron chi connectivity index (χ1n) is 12.8. The molecule has 2 aliphatic rings. The van der Waals surface area contributed by atoms with Crippen LogP contribution in [0.15, 0.2) is 59.6 Å². The van der Waals surface area contributed by atoms with Gasteiger partial charge in [0.2, 0.25) is 11.8 Å². The Morgan fingerprint density at radius 1 is 1.07 bits per heavy atom. The van der Waals surface area contributed by atoms with Crippen LogP contribution < -0.4 is 9.64 Å². The van der Waals surface area contributed by atoms with Gasteiger partial charge in [0.15, 0.2) is 12.4 Å². The summed E-state index contributed by atoms with van der Waals surface area (Å²) in [5.41, 5.74) is 3.29. The van der Waals surface area contributed by atoms with Gasteiger partial charge in [0.25, 0.3) is 0 Å². The summed E-state index contributed by atoms with van der Waals surface area (Å²) in [4.78, 5) is 56.7. The van der Waals surface area contributed by atoms with Crippen molar-refractivity contribution in [1.82, 2.24) is 4.98 Å². The molecule has 1 aromatic heterocycles. The van der Waals surface area contributed by atoms with Gasteiger partial charge in [-0.05, 0) is 73.7 Å². The number of nitrogens with zero attached hydrogens (tertiary/aromatic N) is 3. The maximum Gasteiger partial charge on any atom is 0.338 e. The zero-order chi connectivity index (χ0) is 28.2. The molecule has 0 saturated carbocycles. The second kappa shape index (κ2) is 11.7. The third-order valence-corrected chi connectivity index (χ3v) is 8.02. The fraction of sp³-hybridized carbons (Fsp3) is 0.267. The summed E-state index contributed by atoms with van der Waals surface area (Å²) in [6.07, 6.45) is 3.80. The van der Waals surface area contributed by atoms with Gasteiger partial charge in [0.05, 0.1) is 29.2 Å². The topological polar surface area (TPSA) is 127 Å². The number of hydrogen-bond donors (Lipinski definition) is 0. The molecule has 202 valence electrons. The average molecular weight is 556 g/mol. The summed E-state index contributed by atoms with van der Waals surface area (Å²) in [5.74, 6) is -1.36. The largest absolute Gasteiger partial charge is 0.497 e. The minimum Gasteiger partial charge on any atom is -0.497 e. The van der Waals surface area contributed by atoms with Crippen LogP contribution in [0.1, 0.15) is 56.8 Å². The number of ketones is 1. The third-order valence-electron chi connectivity index (χ3n) is 6.83. The lowest BCUT2D eigenvalue weighted by molar-refractivity contribution is -0.121. The maximum absolute atomic E-state index is 13.2. The molecule has 2 aromatic carbocycles. The monoisotopic (exact) mass is 555 g/mol. The highest BCUT2D eigenvalue weighted by atomic mass is 32.2. The molecule has 0 N–H and O–H groups in total. The van der Waals surface area contributed by atoms with Gasteiger partial charge >= 0.3 is 5.97 Å². The van der Waals surface area contributed by atoms with Crippen LogP contribution in [0.3, 0.4) is 0 Å². The van der Waals surface area contributed by atoms with E-state index in [0.717, 1.165) is 53.6 Å². The summed E-state index contributed by atoms with van der Waals surface area (Å²) < 4.78 is 10.3. The van der Waals surface area contributed by atoms with Crippen LogP contribution in [0.25, 0.3) is 0 Å². The van der Waals surface area contributed by atoms with Gasteiger partial charge in [-0.3, -0.25) is 14.4 Å². The second-order valence-corrected chi connectivity index (χ2v) is 10.6. The van der Waals surface area contributed by atoms with Gasteiger partial charge in [-0.1, -0.05) is 23.9 Å². The number of ether oxygens (including phenoxy) is 2. The molecule has 5 rings (SSSR count). The van der Waals surface area contributed by atoms with E-state index >= 15 is 0 Å². The molecule has 40 heavy (non-hydrogen) atoms. The summed E-state index contributed by atoms with van der Waals surface area (Å²) >= 11 is 1.14. The SMILES string of the molecule is COc1cccc(C(=O)COC(=O)c2ccc(N3C(=O)CC(Sc4nc5c(cc4C#N)CCCC5)C3=O)cc2)c1. The molecule has 0 spiro atoms. The molecule has 0 radical (unpaired) electrons. The molecule has 2 amide bonds. The van der Waals surface area contributed by atoms with Gasteiger partial charge in [0, 0.05) is 17.7 Å². The predicted octanol–water partition coefficient (Wildman–Crippen LogP) is 4.30. The van der Waals surface area contributed by atoms with Crippen molar-refractivity contribution in [3.8, 4) is 11.8 Å². The number of aromatic nitrogens is 1. The van der Waals surface area contributed by atoms with E-state index in [0.29, 0.717) is 27.6 Å². The number of esters is 1. The summed E-state index contributed by atoms with van der Waals surface area (Å²) in [5, 5.41) is 9.40. The molecule has 1 aliphatic carbocycles. The molecule has 2 heterocycles. The van der Waals surface area contributed by atoms with Crippen molar-refractivity contribution in [3.05, 3.63) is 82.5 Å². The normalized spacial score (nSPS) is 16.3. The van der Waals surface area contributed by atoms with Gasteiger partial charge in [-0.2, -0.15) is 5.26 Å². The molecule has 1 atom stereocenters. The summed E-state index contributed by atoms with van der Waals surface area (Å²) in [7, 11) is 1.49. The Labute approximate surface area is 235 Å². The van der Waals surface area contributed by atoms with E-state index in [1.165, 1.54) is 31.4 Å². The lowest BCUT2D eigenvalue weighted by Gasteiger charge is -2.18. The van der Waals surface area contributed by atoms with Crippen LogP contribution in [0.2, 0.25) is 0 Å². The van der Waals surface area contributed by atoms with E-state index < -0.39 is 23.7 Å². The number of aryl methyl sites for hydroxylation is 2. The number of carbonyl (C=O) groups is 4. The predicted molar refractivity (Wildman–Crippen MR) is 146 cm³/mol. The average Bonchev–Trinajstić information content (AvgIpc) is 3.27. The van der Waals surface area contributed by atoms with Crippen LogP contribution in [0.4, 0.5) is 5.69 Å². The molecular weight excluding hydrogens is 530 g/mol. The van der Waals surface area contributed by atoms with E-state index in [2.05, 4.69) is 11.1 Å². The number of thioether (sulfide) groups is 1. The summed E-state index contributed by atoms with van der Waals surface area (Å²) in [6.45, 7) is -0.447. The minimum absolute atomic E-state index is 0.0245. The Hall–Kier alpha value is -4.49. The highest BCUT2D eigenvalue weighted by Gasteiger charge is 2.41. The molecule has 10 heteroatoms. The molecular formula is C30H25N3O6S. The van der Waals surface area contributed by atoms with Gasteiger partial charge in [-0.15, -0.1) is 0 Å². The van der Waals surface area contributed by atoms with Crippen molar-refractivity contribution in [1.29, 1.82) is 5.26 Å². The number of hydrogen-bond acceptors (Lipinski definition) is 9. The van der Waals surface area contributed by atoms with Crippen molar-refractivity contribution >= 4 is 41.0 Å². The van der Waals surface area contributed by atoms with Crippen LogP contribution in [-0.2, 0) is 27.2 Å². The van der Waals surface area contributed by atoms with Crippen molar-refractivity contribution in [2.75, 3.05) is 18.6 Å². The highest BCUT2D eigenvalue weighted by molar-refractivity contribution is 8.00. The number of pyridine rings is 1. The van der Waals surface area contributed by atoms with Gasteiger partial charge < -0.3 is 9.47 Å². The lowest BCUT2D eigenvalue weighted by atomic mass is 9.95. The Morgan fingerprint density at radius 2 is 1.85 bits per heavy atom. The molecule has 0 bridgehead atoms. The smallest absolute Gasteiger partial charge is 0.338 e. The first-order valence-corrected chi connectivity index (χ1v) is 13.7. The van der Waals surface area contributed by atoms with E-state index in [9.17, 15) is 24.4 Å². The van der Waals surface area contributed by atoms with Crippen molar-refractivity contribution in [2.45, 2.75) is 42.4 Å². The van der Waals surface area contributed by atoms with E-state index in [-0.39, 0.29) is 23.7 Å². The first-order chi connectivity index (χ1) is 19.4. The lowest BCUT2D eigenvalue weighted by Crippen LogP contribution is -2.31. The van der Waals surface area contributed by atoms with Crippen molar-refractivity contribution in [2.24, 2.45) is 0 Å². The van der Waals surface area contributed by atoms with Gasteiger partial charge in [-0.25, -0.2) is 14.7 Å². The standard InChI is InChI=1S/C30H25N3O6S/c1-38-23-7-4-6-20(14-23)25(34)17-39-30(37)18-9-11-22(12-10-18)33-27(35)15-26(29(33)36)40-28-21(16-31)13-19-5-2-3-8-24(19)32-28/h4,6-7,9-14,26H,2-3,5,8,15,17H2,1H3. The maximum atomic E-state index is 13.2. The number of imide groups is 1. The van der Waals surface area contributed by atoms with Crippen LogP contribution in [-0.4, -0.2) is 47.5 Å². The number of carbonyl (C=O) groups excluding carboxylic acids is 4. The van der Waals surface area contributed by atoms with E-state index in [4.69, 9.17) is 9.47 Å². The number of amides is 2. The number of rotatable bonds is 8. The number of anilines is 1. The number of methoxy groups -OCH3 is 1. The Bertz CT molecular complexity index is 1550. The summed E-state index contributed by atoms with van der Waals surface area (Å²) in [6, 6.07) is 16.4.